The van der Waals surface area contributed by atoms with Crippen molar-refractivity contribution in [3.05, 3.63) is 54.6 Å². The third-order valence-electron chi connectivity index (χ3n) is 4.08. The van der Waals surface area contributed by atoms with E-state index in [1.807, 2.05) is 55.5 Å². The minimum absolute atomic E-state index is 0.121. The summed E-state index contributed by atoms with van der Waals surface area (Å²) >= 11 is 1.43. The number of carbonyl (C=O) groups excluding carboxylic acids is 2. The van der Waals surface area contributed by atoms with Gasteiger partial charge in [-0.05, 0) is 43.3 Å². The van der Waals surface area contributed by atoms with Crippen molar-refractivity contribution in [1.29, 1.82) is 0 Å². The van der Waals surface area contributed by atoms with Gasteiger partial charge in [0.05, 0.1) is 18.1 Å². The van der Waals surface area contributed by atoms with Crippen LogP contribution in [0.5, 0.6) is 5.75 Å². The van der Waals surface area contributed by atoms with E-state index in [9.17, 15) is 9.59 Å². The van der Waals surface area contributed by atoms with Gasteiger partial charge in [0.1, 0.15) is 5.75 Å². The topological polar surface area (TPSA) is 96.1 Å². The Kier molecular flexibility index (Phi) is 6.56. The summed E-state index contributed by atoms with van der Waals surface area (Å²) in [4.78, 5) is 24.5. The minimum atomic E-state index is -0.326. The van der Waals surface area contributed by atoms with Gasteiger partial charge in [-0.3, -0.25) is 14.7 Å². The fraction of sp³-hybridized carbons (Fsp3) is 0.190. The van der Waals surface area contributed by atoms with Crippen molar-refractivity contribution >= 4 is 35.1 Å². The molecule has 3 rings (SSSR count). The molecular weight excluding hydrogens is 388 g/mol. The van der Waals surface area contributed by atoms with E-state index in [4.69, 9.17) is 4.74 Å². The highest BCUT2D eigenvalue weighted by Gasteiger charge is 2.17. The van der Waals surface area contributed by atoms with E-state index in [0.29, 0.717) is 5.82 Å². The summed E-state index contributed by atoms with van der Waals surface area (Å²) in [5.74, 6) is 0.897. The number of thioether (sulfide) groups is 1. The van der Waals surface area contributed by atoms with Gasteiger partial charge in [0, 0.05) is 29.1 Å². The number of aromatic amines is 1. The lowest BCUT2D eigenvalue weighted by atomic mass is 10.1. The molecular formula is C21H22N4O3S. The Morgan fingerprint density at radius 3 is 2.52 bits per heavy atom. The van der Waals surface area contributed by atoms with Crippen molar-refractivity contribution in [3.63, 3.8) is 0 Å². The van der Waals surface area contributed by atoms with Crippen LogP contribution >= 0.6 is 11.8 Å². The highest BCUT2D eigenvalue weighted by molar-refractivity contribution is 8.00. The smallest absolute Gasteiger partial charge is 0.238 e. The van der Waals surface area contributed by atoms with Gasteiger partial charge in [0.15, 0.2) is 5.82 Å². The number of carbonyl (C=O) groups is 2. The summed E-state index contributed by atoms with van der Waals surface area (Å²) in [7, 11) is 1.61. The molecule has 0 spiro atoms. The van der Waals surface area contributed by atoms with Gasteiger partial charge in [0.25, 0.3) is 0 Å². The van der Waals surface area contributed by atoms with Crippen LogP contribution in [0.1, 0.15) is 13.8 Å². The molecule has 3 aromatic rings. The second-order valence-electron chi connectivity index (χ2n) is 6.32. The van der Waals surface area contributed by atoms with Crippen LogP contribution in [0.2, 0.25) is 0 Å². The zero-order valence-electron chi connectivity index (χ0n) is 16.4. The maximum atomic E-state index is 12.5. The molecule has 2 amide bonds. The number of H-pyrrole nitrogens is 1. The predicted molar refractivity (Wildman–Crippen MR) is 115 cm³/mol. The van der Waals surface area contributed by atoms with Gasteiger partial charge < -0.3 is 15.4 Å². The van der Waals surface area contributed by atoms with Gasteiger partial charge in [0.2, 0.25) is 11.8 Å². The standard InChI is InChI=1S/C21H22N4O3S/c1-13(29-16-10-8-15(9-11-16)22-14(2)26)21(27)23-20-12-18(24-25-20)17-6-4-5-7-19(17)28-3/h4-13H,1-3H3,(H,22,26)(H2,23,24,25,27). The Morgan fingerprint density at radius 1 is 1.10 bits per heavy atom. The lowest BCUT2D eigenvalue weighted by Crippen LogP contribution is -2.22. The second-order valence-corrected chi connectivity index (χ2v) is 7.74. The van der Waals surface area contributed by atoms with Gasteiger partial charge in [-0.2, -0.15) is 5.10 Å². The molecule has 1 aromatic heterocycles. The van der Waals surface area contributed by atoms with Crippen LogP contribution in [0.3, 0.4) is 0 Å². The normalized spacial score (nSPS) is 11.6. The largest absolute Gasteiger partial charge is 0.496 e. The van der Waals surface area contributed by atoms with Crippen LogP contribution in [0, 0.1) is 0 Å². The average molecular weight is 410 g/mol. The van der Waals surface area contributed by atoms with Crippen LogP contribution in [0.15, 0.2) is 59.5 Å². The molecule has 7 nitrogen and oxygen atoms in total. The minimum Gasteiger partial charge on any atom is -0.496 e. The fourth-order valence-electron chi connectivity index (χ4n) is 2.70. The zero-order valence-corrected chi connectivity index (χ0v) is 17.2. The Bertz CT molecular complexity index is 1000. The molecule has 0 bridgehead atoms. The summed E-state index contributed by atoms with van der Waals surface area (Å²) in [5.41, 5.74) is 2.34. The molecule has 0 saturated carbocycles. The Morgan fingerprint density at radius 2 is 1.83 bits per heavy atom. The summed E-state index contributed by atoms with van der Waals surface area (Å²) in [6.07, 6.45) is 0. The molecule has 0 aliphatic heterocycles. The van der Waals surface area contributed by atoms with Crippen molar-refractivity contribution in [1.82, 2.24) is 10.2 Å². The maximum absolute atomic E-state index is 12.5. The molecule has 0 aliphatic rings. The van der Waals surface area contributed by atoms with E-state index in [0.717, 1.165) is 27.6 Å². The summed E-state index contributed by atoms with van der Waals surface area (Å²) in [6.45, 7) is 3.29. The number of nitrogens with one attached hydrogen (secondary N) is 3. The first-order valence-corrected chi connectivity index (χ1v) is 9.88. The second kappa shape index (κ2) is 9.29. The van der Waals surface area contributed by atoms with Crippen molar-refractivity contribution < 1.29 is 14.3 Å². The molecule has 8 heteroatoms. The molecule has 0 saturated heterocycles. The Balaban J connectivity index is 1.61. The fourth-order valence-corrected chi connectivity index (χ4v) is 3.56. The molecule has 0 radical (unpaired) electrons. The molecule has 0 fully saturated rings. The van der Waals surface area contributed by atoms with Gasteiger partial charge in [-0.15, -0.1) is 11.8 Å². The van der Waals surface area contributed by atoms with E-state index in [1.165, 1.54) is 18.7 Å². The Labute approximate surface area is 173 Å². The number of methoxy groups -OCH3 is 1. The number of para-hydroxylation sites is 1. The highest BCUT2D eigenvalue weighted by atomic mass is 32.2. The van der Waals surface area contributed by atoms with Crippen molar-refractivity contribution in [2.45, 2.75) is 24.0 Å². The van der Waals surface area contributed by atoms with E-state index in [-0.39, 0.29) is 17.1 Å². The summed E-state index contributed by atoms with van der Waals surface area (Å²) in [5, 5.41) is 12.3. The molecule has 150 valence electrons. The highest BCUT2D eigenvalue weighted by Crippen LogP contribution is 2.30. The van der Waals surface area contributed by atoms with Gasteiger partial charge in [-0.1, -0.05) is 12.1 Å². The third-order valence-corrected chi connectivity index (χ3v) is 5.20. The first-order valence-electron chi connectivity index (χ1n) is 9.00. The van der Waals surface area contributed by atoms with E-state index in [1.54, 1.807) is 13.2 Å². The molecule has 29 heavy (non-hydrogen) atoms. The predicted octanol–water partition coefficient (Wildman–Crippen LogP) is 4.16. The molecule has 3 N–H and O–H groups in total. The Hall–Kier alpha value is -3.26. The van der Waals surface area contributed by atoms with Crippen molar-refractivity contribution in [2.75, 3.05) is 17.7 Å². The van der Waals surface area contributed by atoms with Crippen LogP contribution in [0.4, 0.5) is 11.5 Å². The lowest BCUT2D eigenvalue weighted by molar-refractivity contribution is -0.115. The lowest BCUT2D eigenvalue weighted by Gasteiger charge is -2.11. The number of benzene rings is 2. The van der Waals surface area contributed by atoms with Crippen molar-refractivity contribution in [2.24, 2.45) is 0 Å². The van der Waals surface area contributed by atoms with Crippen LogP contribution in [0.25, 0.3) is 11.3 Å². The number of hydrogen-bond donors (Lipinski definition) is 3. The van der Waals surface area contributed by atoms with E-state index >= 15 is 0 Å². The molecule has 1 unspecified atom stereocenters. The number of amides is 2. The number of hydrogen-bond acceptors (Lipinski definition) is 5. The zero-order chi connectivity index (χ0) is 20.8. The van der Waals surface area contributed by atoms with Gasteiger partial charge in [-0.25, -0.2) is 0 Å². The monoisotopic (exact) mass is 410 g/mol. The number of ether oxygens (including phenoxy) is 1. The number of nitrogens with zero attached hydrogens (tertiary/aromatic N) is 1. The van der Waals surface area contributed by atoms with Crippen molar-refractivity contribution in [3.8, 4) is 17.0 Å². The SMILES string of the molecule is COc1ccccc1-c1cc(NC(=O)C(C)Sc2ccc(NC(C)=O)cc2)n[nH]1. The first-order chi connectivity index (χ1) is 14.0. The number of aromatic nitrogens is 2. The summed E-state index contributed by atoms with van der Waals surface area (Å²) in [6, 6.07) is 16.7. The van der Waals surface area contributed by atoms with E-state index in [2.05, 4.69) is 20.8 Å². The van der Waals surface area contributed by atoms with Gasteiger partial charge >= 0.3 is 0 Å². The number of anilines is 2. The molecule has 0 aliphatic carbocycles. The van der Waals surface area contributed by atoms with Crippen LogP contribution in [-0.4, -0.2) is 34.4 Å². The molecule has 1 atom stereocenters. The van der Waals surface area contributed by atoms with Crippen LogP contribution in [-0.2, 0) is 9.59 Å². The molecule has 1 heterocycles. The molecule has 2 aromatic carbocycles. The maximum Gasteiger partial charge on any atom is 0.238 e. The van der Waals surface area contributed by atoms with Crippen LogP contribution < -0.4 is 15.4 Å². The summed E-state index contributed by atoms with van der Waals surface area (Å²) < 4.78 is 5.36. The number of rotatable bonds is 7. The van der Waals surface area contributed by atoms with E-state index < -0.39 is 0 Å². The average Bonchev–Trinajstić information content (AvgIpc) is 3.17. The quantitative estimate of drug-likeness (QED) is 0.508. The third kappa shape index (κ3) is 5.39. The first kappa shape index (κ1) is 20.5.